The van der Waals surface area contributed by atoms with Crippen LogP contribution in [0.3, 0.4) is 0 Å². The summed E-state index contributed by atoms with van der Waals surface area (Å²) in [5.41, 5.74) is 7.73. The fourth-order valence-electron chi connectivity index (χ4n) is 7.09. The number of carbonyl (C=O) groups excluding carboxylic acids is 1. The van der Waals surface area contributed by atoms with Crippen LogP contribution in [0.25, 0.3) is 17.2 Å². The van der Waals surface area contributed by atoms with Crippen molar-refractivity contribution in [3.63, 3.8) is 0 Å². The lowest BCUT2D eigenvalue weighted by Gasteiger charge is -2.34. The summed E-state index contributed by atoms with van der Waals surface area (Å²) in [6, 6.07) is 22.2. The van der Waals surface area contributed by atoms with Gasteiger partial charge in [-0.3, -0.25) is 9.00 Å². The first-order valence-electron chi connectivity index (χ1n) is 19.2. The van der Waals surface area contributed by atoms with E-state index in [1.165, 1.54) is 18.5 Å². The number of nitrogens with zero attached hydrogens (tertiary/aromatic N) is 4. The highest BCUT2D eigenvalue weighted by molar-refractivity contribution is 7.84. The van der Waals surface area contributed by atoms with Crippen molar-refractivity contribution >= 4 is 34.2 Å². The number of aromatic nitrogens is 2. The molecule has 53 heavy (non-hydrogen) atoms. The van der Waals surface area contributed by atoms with E-state index in [9.17, 15) is 9.00 Å². The number of benzene rings is 3. The fraction of sp³-hybridized carbons (Fsp3) is 0.442. The molecule has 4 aromatic rings. The molecule has 1 aromatic heterocycles. The average molecular weight is 738 g/mol. The minimum absolute atomic E-state index is 0.112. The lowest BCUT2D eigenvalue weighted by molar-refractivity contribution is -0.112. The van der Waals surface area contributed by atoms with Gasteiger partial charge >= 0.3 is 0 Å². The maximum atomic E-state index is 13.9. The van der Waals surface area contributed by atoms with Gasteiger partial charge in [0.05, 0.1) is 40.9 Å². The maximum Gasteiger partial charge on any atom is 0.251 e. The second kappa shape index (κ2) is 18.7. The molecule has 1 fully saturated rings. The molecule has 2 aliphatic heterocycles. The van der Waals surface area contributed by atoms with Crippen molar-refractivity contribution in [1.82, 2.24) is 14.5 Å². The highest BCUT2D eigenvalue weighted by atomic mass is 32.2. The van der Waals surface area contributed by atoms with Crippen molar-refractivity contribution < 1.29 is 18.5 Å². The topological polar surface area (TPSA) is 88.9 Å². The Morgan fingerprint density at radius 1 is 0.943 bits per heavy atom. The van der Waals surface area contributed by atoms with Crippen molar-refractivity contribution in [3.8, 4) is 16.9 Å². The van der Waals surface area contributed by atoms with Gasteiger partial charge in [-0.2, -0.15) is 0 Å². The van der Waals surface area contributed by atoms with Gasteiger partial charge in [0, 0.05) is 48.1 Å². The summed E-state index contributed by atoms with van der Waals surface area (Å²) in [6.45, 7) is 12.8. The second-order valence-electron chi connectivity index (χ2n) is 14.3. The third kappa shape index (κ3) is 10.2. The number of hydrogen-bond acceptors (Lipinski definition) is 7. The first kappa shape index (κ1) is 38.5. The third-order valence-corrected chi connectivity index (χ3v) is 11.8. The molecule has 1 amide bonds. The van der Waals surface area contributed by atoms with Gasteiger partial charge in [0.1, 0.15) is 12.4 Å². The number of imidazole rings is 1. The first-order valence-corrected chi connectivity index (χ1v) is 20.5. The number of likely N-dealkylation sites (tertiary alicyclic amines) is 1. The van der Waals surface area contributed by atoms with Crippen LogP contribution >= 0.6 is 0 Å². The van der Waals surface area contributed by atoms with Gasteiger partial charge in [-0.25, -0.2) is 4.98 Å². The Hall–Kier alpha value is -4.25. The van der Waals surface area contributed by atoms with Crippen LogP contribution in [0.15, 0.2) is 83.5 Å². The molecule has 3 aromatic carbocycles. The highest BCUT2D eigenvalue weighted by Gasteiger charge is 2.25. The number of carbonyl (C=O) groups is 1. The predicted molar refractivity (Wildman–Crippen MR) is 216 cm³/mol. The van der Waals surface area contributed by atoms with Gasteiger partial charge in [0.25, 0.3) is 5.91 Å². The molecular formula is C43H55N5O4S. The smallest absolute Gasteiger partial charge is 0.251 e. The number of fused-ring (bicyclic) bond motifs is 1. The van der Waals surface area contributed by atoms with Crippen molar-refractivity contribution in [2.24, 2.45) is 5.92 Å². The largest absolute Gasteiger partial charge is 0.491 e. The molecule has 0 saturated carbocycles. The number of ether oxygens (including phenoxy) is 2. The van der Waals surface area contributed by atoms with Crippen molar-refractivity contribution in [2.45, 2.75) is 70.1 Å². The zero-order chi connectivity index (χ0) is 37.2. The summed E-state index contributed by atoms with van der Waals surface area (Å²) >= 11 is 0. The number of nitrogens with one attached hydrogen (secondary N) is 1. The molecule has 0 bridgehead atoms. The van der Waals surface area contributed by atoms with E-state index in [1.54, 1.807) is 6.33 Å². The molecule has 0 spiro atoms. The number of unbranched alkanes of at least 4 members (excludes halogenated alkanes) is 1. The van der Waals surface area contributed by atoms with E-state index in [0.717, 1.165) is 96.5 Å². The van der Waals surface area contributed by atoms with Crippen LogP contribution in [0.1, 0.15) is 62.9 Å². The van der Waals surface area contributed by atoms with Gasteiger partial charge in [-0.15, -0.1) is 0 Å². The molecule has 1 N–H and O–H groups in total. The van der Waals surface area contributed by atoms with Crippen LogP contribution in [-0.2, 0) is 32.6 Å². The Bertz CT molecular complexity index is 1860. The van der Waals surface area contributed by atoms with Gasteiger partial charge < -0.3 is 29.2 Å². The minimum atomic E-state index is -1.23. The molecule has 1 atom stereocenters. The third-order valence-electron chi connectivity index (χ3n) is 10.4. The molecule has 6 rings (SSSR count). The number of rotatable bonds is 16. The van der Waals surface area contributed by atoms with E-state index in [-0.39, 0.29) is 5.91 Å². The lowest BCUT2D eigenvalue weighted by Crippen LogP contribution is -2.37. The van der Waals surface area contributed by atoms with E-state index in [2.05, 4.69) is 77.4 Å². The van der Waals surface area contributed by atoms with Crippen molar-refractivity contribution in [3.05, 3.63) is 95.6 Å². The van der Waals surface area contributed by atoms with E-state index >= 15 is 0 Å². The Morgan fingerprint density at radius 2 is 1.70 bits per heavy atom. The van der Waals surface area contributed by atoms with Gasteiger partial charge in [0.15, 0.2) is 0 Å². The van der Waals surface area contributed by atoms with Crippen LogP contribution in [0.4, 0.5) is 11.4 Å². The summed E-state index contributed by atoms with van der Waals surface area (Å²) in [7, 11) is 0.976. The van der Waals surface area contributed by atoms with Gasteiger partial charge in [0.2, 0.25) is 0 Å². The Kier molecular flexibility index (Phi) is 13.6. The zero-order valence-electron chi connectivity index (χ0n) is 31.8. The predicted octanol–water partition coefficient (Wildman–Crippen LogP) is 7.96. The molecule has 2 aliphatic rings. The molecule has 1 saturated heterocycles. The highest BCUT2D eigenvalue weighted by Crippen LogP contribution is 2.35. The standard InChI is InChI=1S/C43H55N5O4S/c1-5-7-24-51-25-26-52-39-13-8-34(9-14-39)35-10-17-41-37(27-35)28-36(20-23-48(41)29-33-18-21-46(4)22-19-33)43(49)45-38-11-15-40(16-12-38)53(50)30-42-32(3)44-31-47(42)6-2/h8-17,27-28,31,33H,5-7,18-26,29-30H2,1-4H3,(H,45,49). The Labute approximate surface area is 317 Å². The second-order valence-corrected chi connectivity index (χ2v) is 15.7. The summed E-state index contributed by atoms with van der Waals surface area (Å²) < 4.78 is 26.8. The molecule has 3 heterocycles. The van der Waals surface area contributed by atoms with Crippen LogP contribution in [0.2, 0.25) is 0 Å². The Balaban J connectivity index is 1.17. The average Bonchev–Trinajstić information content (AvgIpc) is 3.42. The zero-order valence-corrected chi connectivity index (χ0v) is 32.6. The SMILES string of the molecule is CCCCOCCOc1ccc(-c2ccc3c(c2)C=C(C(=O)Nc2ccc(S(=O)Cc4c(C)ncn4CC)cc2)CCN3CC2CCN(C)CC2)cc1. The normalized spacial score (nSPS) is 15.8. The molecular weight excluding hydrogens is 683 g/mol. The number of amides is 1. The molecule has 10 heteroatoms. The molecule has 1 unspecified atom stereocenters. The summed E-state index contributed by atoms with van der Waals surface area (Å²) in [4.78, 5) is 23.9. The minimum Gasteiger partial charge on any atom is -0.491 e. The first-order chi connectivity index (χ1) is 25.8. The van der Waals surface area contributed by atoms with Gasteiger partial charge in [-0.05, 0) is 137 Å². The van der Waals surface area contributed by atoms with Crippen LogP contribution in [-0.4, -0.2) is 77.6 Å². The van der Waals surface area contributed by atoms with Gasteiger partial charge in [-0.1, -0.05) is 31.5 Å². The molecule has 9 nitrogen and oxygen atoms in total. The number of hydrogen-bond donors (Lipinski definition) is 1. The van der Waals surface area contributed by atoms with Crippen LogP contribution in [0.5, 0.6) is 5.75 Å². The fourth-order valence-corrected chi connectivity index (χ4v) is 8.32. The molecule has 282 valence electrons. The maximum absolute atomic E-state index is 13.9. The number of anilines is 2. The van der Waals surface area contributed by atoms with Crippen LogP contribution < -0.4 is 15.0 Å². The van der Waals surface area contributed by atoms with E-state index < -0.39 is 10.8 Å². The van der Waals surface area contributed by atoms with E-state index in [4.69, 9.17) is 9.47 Å². The summed E-state index contributed by atoms with van der Waals surface area (Å²) in [6.07, 6.45) is 9.08. The van der Waals surface area contributed by atoms with E-state index in [0.29, 0.717) is 37.0 Å². The summed E-state index contributed by atoms with van der Waals surface area (Å²) in [5, 5.41) is 3.13. The Morgan fingerprint density at radius 3 is 2.43 bits per heavy atom. The van der Waals surface area contributed by atoms with Crippen molar-refractivity contribution in [2.75, 3.05) is 63.3 Å². The molecule has 0 radical (unpaired) electrons. The lowest BCUT2D eigenvalue weighted by atomic mass is 9.95. The van der Waals surface area contributed by atoms with Crippen LogP contribution in [0, 0.1) is 12.8 Å². The quantitative estimate of drug-likeness (QED) is 0.117. The van der Waals surface area contributed by atoms with Crippen molar-refractivity contribution in [1.29, 1.82) is 0 Å². The van der Waals surface area contributed by atoms with E-state index in [1.807, 2.05) is 47.9 Å². The number of aryl methyl sites for hydroxylation is 2. The number of piperidine rings is 1. The summed E-state index contributed by atoms with van der Waals surface area (Å²) in [5.74, 6) is 1.73. The molecule has 0 aliphatic carbocycles. The monoisotopic (exact) mass is 737 g/mol.